The van der Waals surface area contributed by atoms with Crippen LogP contribution in [0.4, 0.5) is 11.4 Å². The van der Waals surface area contributed by atoms with Crippen molar-refractivity contribution in [1.29, 1.82) is 0 Å². The van der Waals surface area contributed by atoms with E-state index in [1.165, 1.54) is 17.7 Å². The summed E-state index contributed by atoms with van der Waals surface area (Å²) in [6, 6.07) is 11.6. The number of thiocarbonyl (C=S) groups is 1. The largest absolute Gasteiger partial charge is 0.331 e. The average Bonchev–Trinajstić information content (AvgIpc) is 2.65. The van der Waals surface area contributed by atoms with Crippen LogP contribution in [0, 0.1) is 10.1 Å². The van der Waals surface area contributed by atoms with Crippen LogP contribution in [0.15, 0.2) is 42.5 Å². The van der Waals surface area contributed by atoms with E-state index in [2.05, 4.69) is 23.1 Å². The minimum absolute atomic E-state index is 0.125. The molecule has 0 radical (unpaired) electrons. The lowest BCUT2D eigenvalue weighted by Gasteiger charge is -2.12. The number of hydrogen-bond donors (Lipinski definition) is 3. The Morgan fingerprint density at radius 2 is 1.89 bits per heavy atom. The van der Waals surface area contributed by atoms with Crippen molar-refractivity contribution in [3.05, 3.63) is 68.7 Å². The predicted molar refractivity (Wildman–Crippen MR) is 110 cm³/mol. The molecule has 2 aromatic rings. The Kier molecular flexibility index (Phi) is 7.51. The van der Waals surface area contributed by atoms with Crippen LogP contribution in [0.25, 0.3) is 0 Å². The highest BCUT2D eigenvalue weighted by molar-refractivity contribution is 7.80. The maximum absolute atomic E-state index is 12.2. The highest BCUT2D eigenvalue weighted by Gasteiger charge is 2.20. The number of nitro groups is 1. The van der Waals surface area contributed by atoms with E-state index in [1.54, 1.807) is 0 Å². The first kappa shape index (κ1) is 20.6. The first-order chi connectivity index (χ1) is 12.9. The Hall–Kier alpha value is -2.71. The number of amides is 1. The number of halogens is 1. The molecule has 2 rings (SSSR count). The van der Waals surface area contributed by atoms with Crippen molar-refractivity contribution >= 4 is 46.2 Å². The summed E-state index contributed by atoms with van der Waals surface area (Å²) in [6.07, 6.45) is 3.30. The first-order valence-electron chi connectivity index (χ1n) is 8.31. The molecule has 0 heterocycles. The van der Waals surface area contributed by atoms with E-state index in [4.69, 9.17) is 23.8 Å². The lowest BCUT2D eigenvalue weighted by atomic mass is 10.1. The maximum atomic E-state index is 12.2. The topological polar surface area (TPSA) is 96.3 Å². The van der Waals surface area contributed by atoms with E-state index in [1.807, 2.05) is 24.3 Å². The van der Waals surface area contributed by atoms with Gasteiger partial charge in [-0.25, -0.2) is 0 Å². The maximum Gasteiger partial charge on any atom is 0.283 e. The number of carbonyl (C=O) groups excluding carboxylic acids is 1. The smallest absolute Gasteiger partial charge is 0.283 e. The number of rotatable bonds is 6. The number of hydrogen-bond acceptors (Lipinski definition) is 4. The zero-order valence-electron chi connectivity index (χ0n) is 14.6. The van der Waals surface area contributed by atoms with Gasteiger partial charge in [-0.1, -0.05) is 37.1 Å². The molecule has 0 fully saturated rings. The van der Waals surface area contributed by atoms with Crippen molar-refractivity contribution in [1.82, 2.24) is 10.9 Å². The van der Waals surface area contributed by atoms with Gasteiger partial charge in [-0.15, -0.1) is 0 Å². The number of aryl methyl sites for hydroxylation is 1. The molecule has 0 aliphatic heterocycles. The molecule has 0 unspecified atom stereocenters. The van der Waals surface area contributed by atoms with Gasteiger partial charge in [-0.05, 0) is 54.9 Å². The molecule has 2 aromatic carbocycles. The number of nitro benzene ring substituents is 1. The first-order valence-corrected chi connectivity index (χ1v) is 9.09. The standard InChI is InChI=1S/C18H19ClN4O3S/c1-2-3-4-12-5-8-14(9-6-12)20-18(27)22-21-17(24)15-10-7-13(19)11-16(15)23(25)26/h5-11H,2-4H2,1H3,(H,21,24)(H2,20,22,27). The second kappa shape index (κ2) is 9.84. The van der Waals surface area contributed by atoms with Crippen LogP contribution in [0.5, 0.6) is 0 Å². The molecule has 7 nitrogen and oxygen atoms in total. The highest BCUT2D eigenvalue weighted by Crippen LogP contribution is 2.22. The lowest BCUT2D eigenvalue weighted by Crippen LogP contribution is -2.43. The molecule has 0 aliphatic rings. The van der Waals surface area contributed by atoms with Crippen LogP contribution in [0.3, 0.4) is 0 Å². The van der Waals surface area contributed by atoms with Crippen LogP contribution in [-0.2, 0) is 6.42 Å². The minimum atomic E-state index is -0.697. The van der Waals surface area contributed by atoms with E-state index in [0.29, 0.717) is 0 Å². The highest BCUT2D eigenvalue weighted by atomic mass is 35.5. The van der Waals surface area contributed by atoms with Gasteiger partial charge >= 0.3 is 0 Å². The Morgan fingerprint density at radius 3 is 2.52 bits per heavy atom. The van der Waals surface area contributed by atoms with Gasteiger partial charge in [0.25, 0.3) is 11.6 Å². The zero-order chi connectivity index (χ0) is 19.8. The zero-order valence-corrected chi connectivity index (χ0v) is 16.2. The summed E-state index contributed by atoms with van der Waals surface area (Å²) >= 11 is 10.9. The predicted octanol–water partition coefficient (Wildman–Crippen LogP) is 4.22. The molecule has 0 spiro atoms. The number of nitrogens with one attached hydrogen (secondary N) is 3. The normalized spacial score (nSPS) is 10.1. The summed E-state index contributed by atoms with van der Waals surface area (Å²) in [4.78, 5) is 22.6. The van der Waals surface area contributed by atoms with Gasteiger partial charge in [0.05, 0.1) is 4.92 Å². The van der Waals surface area contributed by atoms with Crippen LogP contribution >= 0.6 is 23.8 Å². The summed E-state index contributed by atoms with van der Waals surface area (Å²) in [6.45, 7) is 2.15. The van der Waals surface area contributed by atoms with Gasteiger partial charge in [0.1, 0.15) is 5.56 Å². The molecular formula is C18H19ClN4O3S. The summed E-state index contributed by atoms with van der Waals surface area (Å²) in [5.41, 5.74) is 6.35. The van der Waals surface area contributed by atoms with Gasteiger partial charge in [0, 0.05) is 16.8 Å². The molecule has 9 heteroatoms. The Bertz CT molecular complexity index is 843. The van der Waals surface area contributed by atoms with E-state index in [-0.39, 0.29) is 21.4 Å². The number of nitrogens with zero attached hydrogens (tertiary/aromatic N) is 1. The molecular weight excluding hydrogens is 388 g/mol. The van der Waals surface area contributed by atoms with Gasteiger partial charge in [-0.3, -0.25) is 25.8 Å². The molecule has 0 bridgehead atoms. The number of anilines is 1. The summed E-state index contributed by atoms with van der Waals surface area (Å²) in [7, 11) is 0. The van der Waals surface area contributed by atoms with Crippen molar-refractivity contribution in [2.45, 2.75) is 26.2 Å². The van der Waals surface area contributed by atoms with E-state index in [0.717, 1.165) is 31.0 Å². The fourth-order valence-electron chi connectivity index (χ4n) is 2.33. The second-order valence-electron chi connectivity index (χ2n) is 5.75. The molecule has 1 amide bonds. The van der Waals surface area contributed by atoms with Gasteiger partial charge < -0.3 is 5.32 Å². The second-order valence-corrected chi connectivity index (χ2v) is 6.60. The molecule has 0 atom stereocenters. The number of unbranched alkanes of at least 4 members (excludes halogenated alkanes) is 1. The Labute approximate surface area is 167 Å². The lowest BCUT2D eigenvalue weighted by molar-refractivity contribution is -0.385. The molecule has 3 N–H and O–H groups in total. The minimum Gasteiger partial charge on any atom is -0.331 e. The quantitative estimate of drug-likeness (QED) is 0.377. The van der Waals surface area contributed by atoms with Gasteiger partial charge in [-0.2, -0.15) is 0 Å². The van der Waals surface area contributed by atoms with Crippen molar-refractivity contribution in [3.8, 4) is 0 Å². The SMILES string of the molecule is CCCCc1ccc(NC(=S)NNC(=O)c2ccc(Cl)cc2[N+](=O)[O-])cc1. The molecule has 27 heavy (non-hydrogen) atoms. The van der Waals surface area contributed by atoms with Crippen LogP contribution in [0.1, 0.15) is 35.7 Å². The average molecular weight is 407 g/mol. The molecule has 0 saturated heterocycles. The summed E-state index contributed by atoms with van der Waals surface area (Å²) < 4.78 is 0. The monoisotopic (exact) mass is 406 g/mol. The van der Waals surface area contributed by atoms with Crippen LogP contribution in [-0.4, -0.2) is 15.9 Å². The summed E-state index contributed by atoms with van der Waals surface area (Å²) in [5.74, 6) is -0.697. The molecule has 0 saturated carbocycles. The number of hydrazine groups is 1. The fraction of sp³-hybridized carbons (Fsp3) is 0.222. The van der Waals surface area contributed by atoms with Crippen molar-refractivity contribution in [2.24, 2.45) is 0 Å². The van der Waals surface area contributed by atoms with E-state index >= 15 is 0 Å². The van der Waals surface area contributed by atoms with Crippen molar-refractivity contribution in [2.75, 3.05) is 5.32 Å². The summed E-state index contributed by atoms with van der Waals surface area (Å²) in [5, 5.41) is 14.3. The molecule has 0 aliphatic carbocycles. The third kappa shape index (κ3) is 6.19. The molecule has 142 valence electrons. The van der Waals surface area contributed by atoms with Crippen molar-refractivity contribution in [3.63, 3.8) is 0 Å². The Morgan fingerprint density at radius 1 is 1.19 bits per heavy atom. The van der Waals surface area contributed by atoms with Crippen molar-refractivity contribution < 1.29 is 9.72 Å². The third-order valence-corrected chi connectivity index (χ3v) is 4.16. The number of benzene rings is 2. The fourth-order valence-corrected chi connectivity index (χ4v) is 2.66. The Balaban J connectivity index is 1.92. The van der Waals surface area contributed by atoms with Crippen LogP contribution in [0.2, 0.25) is 5.02 Å². The van der Waals surface area contributed by atoms with E-state index in [9.17, 15) is 14.9 Å². The van der Waals surface area contributed by atoms with E-state index < -0.39 is 10.8 Å². The van der Waals surface area contributed by atoms with Crippen LogP contribution < -0.4 is 16.2 Å². The molecule has 0 aromatic heterocycles. The van der Waals surface area contributed by atoms with Gasteiger partial charge in [0.2, 0.25) is 0 Å². The number of carbonyl (C=O) groups is 1. The van der Waals surface area contributed by atoms with Gasteiger partial charge in [0.15, 0.2) is 5.11 Å². The third-order valence-electron chi connectivity index (χ3n) is 3.72.